The molecule has 31 heavy (non-hydrogen) atoms. The molecule has 1 unspecified atom stereocenters. The highest BCUT2D eigenvalue weighted by atomic mass is 35.5. The lowest BCUT2D eigenvalue weighted by Crippen LogP contribution is -2.28. The molecule has 10 heteroatoms. The molecule has 0 saturated carbocycles. The standard InChI is InChI=1S/C21H18ClN5O4/c1-13-10-19(26(24-13)17-6-8-18(9-7-17)27(30)31)23-21(29)14-11-20(28)25(12-14)16-4-2-15(22)3-5-16/h2-10,14H,11-12H2,1H3,(H,23,29). The van der Waals surface area contributed by atoms with Gasteiger partial charge in [-0.25, -0.2) is 4.68 Å². The fraction of sp³-hybridized carbons (Fsp3) is 0.190. The van der Waals surface area contributed by atoms with Crippen LogP contribution in [0.25, 0.3) is 5.69 Å². The van der Waals surface area contributed by atoms with E-state index in [4.69, 9.17) is 11.6 Å². The predicted octanol–water partition coefficient (Wildman–Crippen LogP) is 3.73. The predicted molar refractivity (Wildman–Crippen MR) is 115 cm³/mol. The van der Waals surface area contributed by atoms with Crippen molar-refractivity contribution < 1.29 is 14.5 Å². The van der Waals surface area contributed by atoms with E-state index < -0.39 is 10.8 Å². The van der Waals surface area contributed by atoms with E-state index in [0.29, 0.717) is 27.9 Å². The van der Waals surface area contributed by atoms with E-state index in [1.54, 1.807) is 54.3 Å². The van der Waals surface area contributed by atoms with Gasteiger partial charge in [0.15, 0.2) is 0 Å². The third-order valence-electron chi connectivity index (χ3n) is 5.02. The quantitative estimate of drug-likeness (QED) is 0.481. The largest absolute Gasteiger partial charge is 0.312 e. The Kier molecular flexibility index (Phi) is 5.43. The summed E-state index contributed by atoms with van der Waals surface area (Å²) in [6.45, 7) is 2.04. The third-order valence-corrected chi connectivity index (χ3v) is 5.27. The molecule has 2 heterocycles. The van der Waals surface area contributed by atoms with Crippen LogP contribution >= 0.6 is 11.6 Å². The summed E-state index contributed by atoms with van der Waals surface area (Å²) in [6, 6.07) is 14.4. The number of nitro groups is 1. The Morgan fingerprint density at radius 3 is 2.45 bits per heavy atom. The molecular formula is C21H18ClN5O4. The Morgan fingerprint density at radius 2 is 1.81 bits per heavy atom. The van der Waals surface area contributed by atoms with Gasteiger partial charge in [0.2, 0.25) is 11.8 Å². The fourth-order valence-corrected chi connectivity index (χ4v) is 3.61. The van der Waals surface area contributed by atoms with Crippen molar-refractivity contribution in [3.05, 3.63) is 75.4 Å². The van der Waals surface area contributed by atoms with Crippen LogP contribution in [0.15, 0.2) is 54.6 Å². The molecule has 0 spiro atoms. The zero-order valence-electron chi connectivity index (χ0n) is 16.5. The normalized spacial score (nSPS) is 15.9. The first-order valence-corrected chi connectivity index (χ1v) is 9.88. The molecule has 1 aliphatic heterocycles. The Labute approximate surface area is 182 Å². The number of nitro benzene ring substituents is 1. The minimum atomic E-state index is -0.524. The first-order chi connectivity index (χ1) is 14.8. The Hall–Kier alpha value is -3.72. The monoisotopic (exact) mass is 439 g/mol. The number of benzene rings is 2. The van der Waals surface area contributed by atoms with Crippen LogP contribution in [0, 0.1) is 23.0 Å². The van der Waals surface area contributed by atoms with Gasteiger partial charge in [-0.05, 0) is 43.3 Å². The van der Waals surface area contributed by atoms with Crippen LogP contribution in [0.4, 0.5) is 17.2 Å². The average Bonchev–Trinajstić information content (AvgIpc) is 3.31. The summed E-state index contributed by atoms with van der Waals surface area (Å²) < 4.78 is 1.50. The first-order valence-electron chi connectivity index (χ1n) is 9.50. The highest BCUT2D eigenvalue weighted by Crippen LogP contribution is 2.28. The summed E-state index contributed by atoms with van der Waals surface area (Å²) in [6.07, 6.45) is 0.0963. The number of halogens is 1. The summed E-state index contributed by atoms with van der Waals surface area (Å²) in [4.78, 5) is 37.3. The number of nitrogens with zero attached hydrogens (tertiary/aromatic N) is 4. The maximum absolute atomic E-state index is 12.9. The van der Waals surface area contributed by atoms with Gasteiger partial charge in [0.1, 0.15) is 5.82 Å². The van der Waals surface area contributed by atoms with Crippen LogP contribution in [0.1, 0.15) is 12.1 Å². The lowest BCUT2D eigenvalue weighted by molar-refractivity contribution is -0.384. The highest BCUT2D eigenvalue weighted by molar-refractivity contribution is 6.30. The van der Waals surface area contributed by atoms with Crippen LogP contribution in [0.3, 0.4) is 0 Å². The van der Waals surface area contributed by atoms with Gasteiger partial charge in [-0.1, -0.05) is 11.6 Å². The molecule has 1 aromatic heterocycles. The number of aryl methyl sites for hydroxylation is 1. The second-order valence-corrected chi connectivity index (χ2v) is 7.66. The molecule has 158 valence electrons. The van der Waals surface area contributed by atoms with Gasteiger partial charge in [0.05, 0.1) is 22.2 Å². The van der Waals surface area contributed by atoms with Crippen molar-refractivity contribution in [1.82, 2.24) is 9.78 Å². The van der Waals surface area contributed by atoms with Crippen LogP contribution < -0.4 is 10.2 Å². The number of anilines is 2. The Bertz CT molecular complexity index is 1160. The highest BCUT2D eigenvalue weighted by Gasteiger charge is 2.35. The summed E-state index contributed by atoms with van der Waals surface area (Å²) in [5.74, 6) is -0.534. The number of aromatic nitrogens is 2. The summed E-state index contributed by atoms with van der Waals surface area (Å²) in [5, 5.41) is 18.6. The van der Waals surface area contributed by atoms with Crippen molar-refractivity contribution in [1.29, 1.82) is 0 Å². The topological polar surface area (TPSA) is 110 Å². The minimum absolute atomic E-state index is 0.0371. The lowest BCUT2D eigenvalue weighted by Gasteiger charge is -2.17. The molecule has 0 aliphatic carbocycles. The third kappa shape index (κ3) is 4.26. The second kappa shape index (κ2) is 8.19. The van der Waals surface area contributed by atoms with Crippen LogP contribution in [0.2, 0.25) is 5.02 Å². The molecule has 1 fully saturated rings. The fourth-order valence-electron chi connectivity index (χ4n) is 3.48. The number of hydrogen-bond donors (Lipinski definition) is 1. The molecule has 1 aliphatic rings. The van der Waals surface area contributed by atoms with Crippen molar-refractivity contribution in [2.45, 2.75) is 13.3 Å². The molecule has 2 aromatic carbocycles. The molecule has 3 aromatic rings. The SMILES string of the molecule is Cc1cc(NC(=O)C2CC(=O)N(c3ccc(Cl)cc3)C2)n(-c2ccc([N+](=O)[O-])cc2)n1. The van der Waals surface area contributed by atoms with Gasteiger partial charge in [0, 0.05) is 41.9 Å². The smallest absolute Gasteiger partial charge is 0.269 e. The molecule has 1 atom stereocenters. The van der Waals surface area contributed by atoms with Gasteiger partial charge >= 0.3 is 0 Å². The van der Waals surface area contributed by atoms with Gasteiger partial charge < -0.3 is 10.2 Å². The van der Waals surface area contributed by atoms with Crippen molar-refractivity contribution in [2.75, 3.05) is 16.8 Å². The molecule has 0 bridgehead atoms. The van der Waals surface area contributed by atoms with Crippen molar-refractivity contribution >= 4 is 40.6 Å². The first kappa shape index (κ1) is 20.5. The van der Waals surface area contributed by atoms with E-state index >= 15 is 0 Å². The zero-order chi connectivity index (χ0) is 22.1. The molecule has 4 rings (SSSR count). The van der Waals surface area contributed by atoms with E-state index in [9.17, 15) is 19.7 Å². The second-order valence-electron chi connectivity index (χ2n) is 7.23. The molecule has 2 amide bonds. The molecule has 1 N–H and O–H groups in total. The van der Waals surface area contributed by atoms with Gasteiger partial charge in [-0.3, -0.25) is 19.7 Å². The van der Waals surface area contributed by atoms with E-state index in [1.807, 2.05) is 0 Å². The number of rotatable bonds is 5. The minimum Gasteiger partial charge on any atom is -0.312 e. The summed E-state index contributed by atoms with van der Waals surface area (Å²) >= 11 is 5.91. The lowest BCUT2D eigenvalue weighted by atomic mass is 10.1. The van der Waals surface area contributed by atoms with E-state index in [1.165, 1.54) is 16.8 Å². The van der Waals surface area contributed by atoms with E-state index in [0.717, 1.165) is 0 Å². The molecule has 9 nitrogen and oxygen atoms in total. The zero-order valence-corrected chi connectivity index (χ0v) is 17.2. The molecule has 0 radical (unpaired) electrons. The van der Waals surface area contributed by atoms with E-state index in [-0.39, 0.29) is 30.5 Å². The number of carbonyl (C=O) groups is 2. The maximum Gasteiger partial charge on any atom is 0.269 e. The Morgan fingerprint density at radius 1 is 1.16 bits per heavy atom. The molecular weight excluding hydrogens is 422 g/mol. The number of nitrogens with one attached hydrogen (secondary N) is 1. The van der Waals surface area contributed by atoms with Crippen molar-refractivity contribution in [3.63, 3.8) is 0 Å². The van der Waals surface area contributed by atoms with Gasteiger partial charge in [0.25, 0.3) is 5.69 Å². The van der Waals surface area contributed by atoms with Crippen LogP contribution in [-0.4, -0.2) is 33.1 Å². The van der Waals surface area contributed by atoms with Gasteiger partial charge in [-0.2, -0.15) is 5.10 Å². The summed E-state index contributed by atoms with van der Waals surface area (Å²) in [5.41, 5.74) is 1.89. The average molecular weight is 440 g/mol. The number of carbonyl (C=O) groups excluding carboxylic acids is 2. The van der Waals surface area contributed by atoms with Crippen molar-refractivity contribution in [3.8, 4) is 5.69 Å². The molecule has 1 saturated heterocycles. The van der Waals surface area contributed by atoms with Crippen LogP contribution in [-0.2, 0) is 9.59 Å². The number of amides is 2. The van der Waals surface area contributed by atoms with Crippen LogP contribution in [0.5, 0.6) is 0 Å². The van der Waals surface area contributed by atoms with E-state index in [2.05, 4.69) is 10.4 Å². The summed E-state index contributed by atoms with van der Waals surface area (Å²) in [7, 11) is 0. The Balaban J connectivity index is 1.51. The number of hydrogen-bond acceptors (Lipinski definition) is 5. The van der Waals surface area contributed by atoms with Crippen molar-refractivity contribution in [2.24, 2.45) is 5.92 Å². The number of non-ortho nitro benzene ring substituents is 1. The maximum atomic E-state index is 12.9. The van der Waals surface area contributed by atoms with Gasteiger partial charge in [-0.15, -0.1) is 0 Å².